The van der Waals surface area contributed by atoms with Crippen molar-refractivity contribution in [2.24, 2.45) is 0 Å². The third-order valence-corrected chi connectivity index (χ3v) is 4.28. The van der Waals surface area contributed by atoms with Crippen molar-refractivity contribution in [1.29, 1.82) is 0 Å². The van der Waals surface area contributed by atoms with Crippen molar-refractivity contribution in [3.8, 4) is 5.75 Å². The van der Waals surface area contributed by atoms with Gasteiger partial charge in [0.1, 0.15) is 0 Å². The third kappa shape index (κ3) is 7.26. The Labute approximate surface area is 163 Å². The van der Waals surface area contributed by atoms with E-state index in [2.05, 4.69) is 10.6 Å². The van der Waals surface area contributed by atoms with Crippen molar-refractivity contribution < 1.29 is 23.8 Å². The van der Waals surface area contributed by atoms with Crippen LogP contribution in [-0.2, 0) is 17.6 Å². The fraction of sp³-hybridized carbons (Fsp3) is 0.333. The average Bonchev–Trinajstić information content (AvgIpc) is 2.67. The summed E-state index contributed by atoms with van der Waals surface area (Å²) in [5.74, 6) is -1.17. The lowest BCUT2D eigenvalue weighted by Crippen LogP contribution is -2.44. The summed E-state index contributed by atoms with van der Waals surface area (Å²) in [5.41, 5.74) is 1.76. The summed E-state index contributed by atoms with van der Waals surface area (Å²) in [6.07, 6.45) is 1.32. The zero-order chi connectivity index (χ0) is 20.4. The molecule has 28 heavy (non-hydrogen) atoms. The molecule has 0 aromatic heterocycles. The second-order valence-corrected chi connectivity index (χ2v) is 6.44. The van der Waals surface area contributed by atoms with Crippen molar-refractivity contribution in [2.75, 3.05) is 13.7 Å². The number of urea groups is 1. The molecule has 1 atom stereocenters. The Morgan fingerprint density at radius 1 is 1.14 bits per heavy atom. The molecule has 1 unspecified atom stereocenters. The van der Waals surface area contributed by atoms with E-state index in [9.17, 15) is 14.0 Å². The van der Waals surface area contributed by atoms with Crippen molar-refractivity contribution in [1.82, 2.24) is 10.6 Å². The quantitative estimate of drug-likeness (QED) is 0.583. The van der Waals surface area contributed by atoms with Gasteiger partial charge in [-0.3, -0.25) is 4.79 Å². The summed E-state index contributed by atoms with van der Waals surface area (Å²) in [4.78, 5) is 23.1. The third-order valence-electron chi connectivity index (χ3n) is 4.28. The van der Waals surface area contributed by atoms with Gasteiger partial charge in [-0.25, -0.2) is 9.18 Å². The Kier molecular flexibility index (Phi) is 8.27. The summed E-state index contributed by atoms with van der Waals surface area (Å²) in [7, 11) is 1.40. The summed E-state index contributed by atoms with van der Waals surface area (Å²) >= 11 is 0. The topological polar surface area (TPSA) is 87.7 Å². The molecule has 7 heteroatoms. The maximum Gasteiger partial charge on any atom is 0.315 e. The molecule has 0 aliphatic carbocycles. The fourth-order valence-electron chi connectivity index (χ4n) is 2.84. The summed E-state index contributed by atoms with van der Waals surface area (Å²) in [6.45, 7) is 0.328. The number of amides is 2. The van der Waals surface area contributed by atoms with Gasteiger partial charge < -0.3 is 20.5 Å². The number of benzene rings is 2. The van der Waals surface area contributed by atoms with Gasteiger partial charge in [-0.1, -0.05) is 36.4 Å². The molecular formula is C21H25FN2O4. The van der Waals surface area contributed by atoms with Crippen LogP contribution in [0.15, 0.2) is 48.5 Å². The highest BCUT2D eigenvalue weighted by atomic mass is 19.1. The molecule has 0 fully saturated rings. The minimum Gasteiger partial charge on any atom is -0.494 e. The van der Waals surface area contributed by atoms with Gasteiger partial charge in [0, 0.05) is 19.0 Å². The van der Waals surface area contributed by atoms with Crippen LogP contribution in [0.3, 0.4) is 0 Å². The van der Waals surface area contributed by atoms with Crippen molar-refractivity contribution >= 4 is 12.0 Å². The number of methoxy groups -OCH3 is 1. The smallest absolute Gasteiger partial charge is 0.315 e. The van der Waals surface area contributed by atoms with Crippen LogP contribution in [0.2, 0.25) is 0 Å². The van der Waals surface area contributed by atoms with Crippen molar-refractivity contribution in [2.45, 2.75) is 31.7 Å². The molecule has 2 amide bonds. The molecular weight excluding hydrogens is 363 g/mol. The molecule has 0 aliphatic rings. The molecule has 2 aromatic rings. The fourth-order valence-corrected chi connectivity index (χ4v) is 2.84. The van der Waals surface area contributed by atoms with E-state index >= 15 is 0 Å². The monoisotopic (exact) mass is 388 g/mol. The molecule has 0 radical (unpaired) electrons. The first kappa shape index (κ1) is 21.2. The molecule has 3 N–H and O–H groups in total. The predicted molar refractivity (Wildman–Crippen MR) is 104 cm³/mol. The number of carbonyl (C=O) groups is 2. The van der Waals surface area contributed by atoms with Gasteiger partial charge in [-0.2, -0.15) is 0 Å². The summed E-state index contributed by atoms with van der Waals surface area (Å²) in [5, 5.41) is 14.5. The number of hydrogen-bond acceptors (Lipinski definition) is 3. The first-order valence-corrected chi connectivity index (χ1v) is 9.10. The van der Waals surface area contributed by atoms with Gasteiger partial charge in [0.05, 0.1) is 7.11 Å². The van der Waals surface area contributed by atoms with Gasteiger partial charge in [0.25, 0.3) is 0 Å². The number of hydrogen-bond donors (Lipinski definition) is 3. The number of carboxylic acids is 1. The minimum absolute atomic E-state index is 0.0249. The second kappa shape index (κ2) is 10.9. The van der Waals surface area contributed by atoms with E-state index in [4.69, 9.17) is 9.84 Å². The number of aliphatic carboxylic acids is 1. The normalized spacial score (nSPS) is 11.5. The average molecular weight is 388 g/mol. The molecule has 0 heterocycles. The number of halogens is 1. The van der Waals surface area contributed by atoms with E-state index in [1.807, 2.05) is 30.3 Å². The van der Waals surface area contributed by atoms with E-state index in [-0.39, 0.29) is 24.2 Å². The predicted octanol–water partition coefficient (Wildman–Crippen LogP) is 3.15. The van der Waals surface area contributed by atoms with Crippen LogP contribution in [-0.4, -0.2) is 36.8 Å². The van der Waals surface area contributed by atoms with Crippen LogP contribution >= 0.6 is 0 Å². The Morgan fingerprint density at radius 2 is 1.89 bits per heavy atom. The molecule has 0 bridgehead atoms. The van der Waals surface area contributed by atoms with Crippen LogP contribution in [0.1, 0.15) is 24.0 Å². The largest absolute Gasteiger partial charge is 0.494 e. The Bertz CT molecular complexity index is 783. The van der Waals surface area contributed by atoms with Crippen LogP contribution in [0.5, 0.6) is 5.75 Å². The summed E-state index contributed by atoms with van der Waals surface area (Å²) in [6, 6.07) is 13.6. The maximum atomic E-state index is 13.7. The molecule has 0 saturated carbocycles. The van der Waals surface area contributed by atoms with E-state index in [1.165, 1.54) is 13.2 Å². The zero-order valence-electron chi connectivity index (χ0n) is 15.8. The van der Waals surface area contributed by atoms with Crippen molar-refractivity contribution in [3.63, 3.8) is 0 Å². The summed E-state index contributed by atoms with van der Waals surface area (Å²) < 4.78 is 18.6. The lowest BCUT2D eigenvalue weighted by Gasteiger charge is -2.19. The first-order valence-electron chi connectivity index (χ1n) is 9.10. The number of ether oxygens (including phenoxy) is 1. The number of nitrogens with one attached hydrogen (secondary N) is 2. The van der Waals surface area contributed by atoms with E-state index in [1.54, 1.807) is 12.1 Å². The molecule has 2 aromatic carbocycles. The first-order chi connectivity index (χ1) is 13.5. The molecule has 0 saturated heterocycles. The van der Waals surface area contributed by atoms with Gasteiger partial charge in [-0.05, 0) is 42.5 Å². The maximum absolute atomic E-state index is 13.7. The highest BCUT2D eigenvalue weighted by molar-refractivity contribution is 5.74. The second-order valence-electron chi connectivity index (χ2n) is 6.44. The number of carboxylic acid groups (broad SMARTS) is 1. The SMILES string of the molecule is COc1ccc(CCNC(=O)NC(CCC(=O)O)Cc2ccccc2)cc1F. The lowest BCUT2D eigenvalue weighted by atomic mass is 10.0. The molecule has 6 nitrogen and oxygen atoms in total. The molecule has 2 rings (SSSR count). The number of carbonyl (C=O) groups excluding carboxylic acids is 1. The van der Waals surface area contributed by atoms with Gasteiger partial charge in [0.2, 0.25) is 0 Å². The lowest BCUT2D eigenvalue weighted by molar-refractivity contribution is -0.137. The zero-order valence-corrected chi connectivity index (χ0v) is 15.8. The van der Waals surface area contributed by atoms with E-state index in [0.717, 1.165) is 11.1 Å². The standard InChI is InChI=1S/C21H25FN2O4/c1-28-19-9-7-16(14-18(19)22)11-12-23-21(27)24-17(8-10-20(25)26)13-15-5-3-2-4-6-15/h2-7,9,14,17H,8,10-13H2,1H3,(H,25,26)(H2,23,24,27). The molecule has 0 spiro atoms. The minimum atomic E-state index is -0.901. The van der Waals surface area contributed by atoms with E-state index in [0.29, 0.717) is 25.8 Å². The Morgan fingerprint density at radius 3 is 2.54 bits per heavy atom. The van der Waals surface area contributed by atoms with Crippen LogP contribution in [0.25, 0.3) is 0 Å². The van der Waals surface area contributed by atoms with Crippen molar-refractivity contribution in [3.05, 3.63) is 65.5 Å². The molecule has 150 valence electrons. The van der Waals surface area contributed by atoms with Crippen LogP contribution < -0.4 is 15.4 Å². The number of rotatable bonds is 10. The highest BCUT2D eigenvalue weighted by Crippen LogP contribution is 2.17. The van der Waals surface area contributed by atoms with Gasteiger partial charge in [-0.15, -0.1) is 0 Å². The highest BCUT2D eigenvalue weighted by Gasteiger charge is 2.14. The van der Waals surface area contributed by atoms with Gasteiger partial charge in [0.15, 0.2) is 11.6 Å². The van der Waals surface area contributed by atoms with E-state index < -0.39 is 11.8 Å². The Hall–Kier alpha value is -3.09. The molecule has 0 aliphatic heterocycles. The van der Waals surface area contributed by atoms with Crippen LogP contribution in [0.4, 0.5) is 9.18 Å². The van der Waals surface area contributed by atoms with Gasteiger partial charge >= 0.3 is 12.0 Å². The Balaban J connectivity index is 1.84. The van der Waals surface area contributed by atoms with Crippen LogP contribution in [0, 0.1) is 5.82 Å².